The van der Waals surface area contributed by atoms with Crippen LogP contribution < -0.4 is 5.73 Å². The first-order valence-electron chi connectivity index (χ1n) is 8.27. The van der Waals surface area contributed by atoms with Gasteiger partial charge in [-0.2, -0.15) is 0 Å². The molecule has 0 radical (unpaired) electrons. The van der Waals surface area contributed by atoms with E-state index in [1.807, 2.05) is 36.4 Å². The van der Waals surface area contributed by atoms with Gasteiger partial charge in [0.05, 0.1) is 5.56 Å². The molecule has 2 N–H and O–H groups in total. The highest BCUT2D eigenvalue weighted by atomic mass is 16.5. The van der Waals surface area contributed by atoms with Crippen molar-refractivity contribution in [1.82, 2.24) is 4.90 Å². The van der Waals surface area contributed by atoms with Crippen LogP contribution in [0.3, 0.4) is 0 Å². The third-order valence-corrected chi connectivity index (χ3v) is 3.84. The first-order valence-corrected chi connectivity index (χ1v) is 8.27. The Balaban J connectivity index is 1.82. The molecule has 0 aliphatic carbocycles. The first-order chi connectivity index (χ1) is 12.0. The topological polar surface area (TPSA) is 72.6 Å². The van der Waals surface area contributed by atoms with Gasteiger partial charge in [-0.1, -0.05) is 36.4 Å². The van der Waals surface area contributed by atoms with E-state index >= 15 is 0 Å². The number of hydrogen-bond donors (Lipinski definition) is 1. The quantitative estimate of drug-likeness (QED) is 0.621. The Kier molecular flexibility index (Phi) is 6.57. The van der Waals surface area contributed by atoms with Crippen molar-refractivity contribution in [1.29, 1.82) is 0 Å². The second kappa shape index (κ2) is 8.87. The van der Waals surface area contributed by atoms with Gasteiger partial charge in [0, 0.05) is 26.2 Å². The van der Waals surface area contributed by atoms with E-state index in [0.29, 0.717) is 37.1 Å². The number of ether oxygens (including phenoxy) is 1. The van der Waals surface area contributed by atoms with Gasteiger partial charge in [-0.05, 0) is 36.1 Å². The fourth-order valence-corrected chi connectivity index (χ4v) is 2.43. The highest BCUT2D eigenvalue weighted by molar-refractivity contribution is 5.99. The van der Waals surface area contributed by atoms with E-state index in [9.17, 15) is 9.59 Å². The molecular formula is C20H24N2O3. The average molecular weight is 340 g/mol. The molecule has 0 aromatic heterocycles. The molecule has 0 bridgehead atoms. The number of nitrogen functional groups attached to an aromatic ring is 1. The average Bonchev–Trinajstić information content (AvgIpc) is 2.61. The SMILES string of the molecule is CN(C)C(=O)c1cc(CCCC(=O)OCc2ccccc2)ccc1N. The number of rotatable bonds is 7. The summed E-state index contributed by atoms with van der Waals surface area (Å²) < 4.78 is 5.26. The van der Waals surface area contributed by atoms with Gasteiger partial charge >= 0.3 is 5.97 Å². The lowest BCUT2D eigenvalue weighted by Crippen LogP contribution is -2.23. The van der Waals surface area contributed by atoms with Crippen molar-refractivity contribution in [3.63, 3.8) is 0 Å². The highest BCUT2D eigenvalue weighted by Gasteiger charge is 2.12. The largest absolute Gasteiger partial charge is 0.461 e. The maximum Gasteiger partial charge on any atom is 0.306 e. The van der Waals surface area contributed by atoms with Crippen LogP contribution in [0.15, 0.2) is 48.5 Å². The lowest BCUT2D eigenvalue weighted by atomic mass is 10.0. The first kappa shape index (κ1) is 18.5. The summed E-state index contributed by atoms with van der Waals surface area (Å²) in [7, 11) is 3.38. The number of carbonyl (C=O) groups excluding carboxylic acids is 2. The van der Waals surface area contributed by atoms with Gasteiger partial charge in [-0.25, -0.2) is 0 Å². The van der Waals surface area contributed by atoms with Crippen LogP contribution in [0.25, 0.3) is 0 Å². The van der Waals surface area contributed by atoms with E-state index in [-0.39, 0.29) is 11.9 Å². The number of esters is 1. The van der Waals surface area contributed by atoms with Crippen LogP contribution in [0.2, 0.25) is 0 Å². The number of hydrogen-bond acceptors (Lipinski definition) is 4. The van der Waals surface area contributed by atoms with Crippen molar-refractivity contribution in [2.24, 2.45) is 0 Å². The third kappa shape index (κ3) is 5.64. The molecule has 0 aliphatic rings. The zero-order valence-electron chi connectivity index (χ0n) is 14.7. The molecule has 25 heavy (non-hydrogen) atoms. The van der Waals surface area contributed by atoms with Crippen LogP contribution in [0, 0.1) is 0 Å². The van der Waals surface area contributed by atoms with Crippen LogP contribution in [-0.4, -0.2) is 30.9 Å². The molecule has 0 atom stereocenters. The molecule has 0 aliphatic heterocycles. The molecule has 0 fully saturated rings. The monoisotopic (exact) mass is 340 g/mol. The second-order valence-electron chi connectivity index (χ2n) is 6.12. The summed E-state index contributed by atoms with van der Waals surface area (Å²) >= 11 is 0. The summed E-state index contributed by atoms with van der Waals surface area (Å²) in [6.45, 7) is 0.295. The number of benzene rings is 2. The van der Waals surface area contributed by atoms with Crippen LogP contribution in [-0.2, 0) is 22.6 Å². The zero-order valence-corrected chi connectivity index (χ0v) is 14.7. The van der Waals surface area contributed by atoms with Gasteiger partial charge in [0.15, 0.2) is 0 Å². The van der Waals surface area contributed by atoms with E-state index in [4.69, 9.17) is 10.5 Å². The summed E-state index contributed by atoms with van der Waals surface area (Å²) in [5, 5.41) is 0. The molecule has 2 aromatic rings. The van der Waals surface area contributed by atoms with Crippen molar-refractivity contribution in [2.45, 2.75) is 25.9 Å². The standard InChI is InChI=1S/C20H24N2O3/c1-22(2)20(24)17-13-15(11-12-18(17)21)9-6-10-19(23)25-14-16-7-4-3-5-8-16/h3-5,7-8,11-13H,6,9-10,14,21H2,1-2H3. The molecular weight excluding hydrogens is 316 g/mol. The Morgan fingerprint density at radius 2 is 1.76 bits per heavy atom. The van der Waals surface area contributed by atoms with Gasteiger partial charge in [0.2, 0.25) is 0 Å². The van der Waals surface area contributed by atoms with E-state index in [1.165, 1.54) is 4.90 Å². The predicted octanol–water partition coefficient (Wildman–Crippen LogP) is 3.04. The number of aryl methyl sites for hydroxylation is 1. The molecule has 5 heteroatoms. The minimum absolute atomic E-state index is 0.123. The van der Waals surface area contributed by atoms with E-state index < -0.39 is 0 Å². The number of amides is 1. The Hall–Kier alpha value is -2.82. The zero-order chi connectivity index (χ0) is 18.2. The van der Waals surface area contributed by atoms with E-state index in [1.54, 1.807) is 26.2 Å². The number of nitrogens with zero attached hydrogens (tertiary/aromatic N) is 1. The smallest absolute Gasteiger partial charge is 0.306 e. The fourth-order valence-electron chi connectivity index (χ4n) is 2.43. The summed E-state index contributed by atoms with van der Waals surface area (Å²) in [6.07, 6.45) is 1.69. The second-order valence-corrected chi connectivity index (χ2v) is 6.12. The van der Waals surface area contributed by atoms with Crippen molar-refractivity contribution in [2.75, 3.05) is 19.8 Å². The van der Waals surface area contributed by atoms with Crippen molar-refractivity contribution >= 4 is 17.6 Å². The molecule has 132 valence electrons. The van der Waals surface area contributed by atoms with Gasteiger partial charge in [-0.3, -0.25) is 9.59 Å². The van der Waals surface area contributed by atoms with Crippen molar-refractivity contribution in [3.8, 4) is 0 Å². The predicted molar refractivity (Wildman–Crippen MR) is 98.0 cm³/mol. The minimum Gasteiger partial charge on any atom is -0.461 e. The third-order valence-electron chi connectivity index (χ3n) is 3.84. The van der Waals surface area contributed by atoms with Crippen LogP contribution in [0.1, 0.15) is 34.3 Å². The molecule has 1 amide bonds. The maximum absolute atomic E-state index is 12.1. The number of anilines is 1. The summed E-state index contributed by atoms with van der Waals surface area (Å²) in [4.78, 5) is 25.4. The molecule has 0 unspecified atom stereocenters. The van der Waals surface area contributed by atoms with Crippen LogP contribution in [0.4, 0.5) is 5.69 Å². The Morgan fingerprint density at radius 1 is 1.04 bits per heavy atom. The molecule has 5 nitrogen and oxygen atoms in total. The maximum atomic E-state index is 12.1. The Morgan fingerprint density at radius 3 is 2.44 bits per heavy atom. The van der Waals surface area contributed by atoms with Gasteiger partial charge in [-0.15, -0.1) is 0 Å². The van der Waals surface area contributed by atoms with Crippen LogP contribution in [0.5, 0.6) is 0 Å². The normalized spacial score (nSPS) is 10.3. The molecule has 0 saturated carbocycles. The van der Waals surface area contributed by atoms with Gasteiger partial charge in [0.1, 0.15) is 6.61 Å². The summed E-state index contributed by atoms with van der Waals surface area (Å²) in [5.74, 6) is -0.342. The van der Waals surface area contributed by atoms with Crippen molar-refractivity contribution < 1.29 is 14.3 Å². The number of carbonyl (C=O) groups is 2. The Labute approximate surface area is 148 Å². The molecule has 2 aromatic carbocycles. The molecule has 0 heterocycles. The van der Waals surface area contributed by atoms with Crippen molar-refractivity contribution in [3.05, 3.63) is 65.2 Å². The molecule has 0 saturated heterocycles. The fraction of sp³-hybridized carbons (Fsp3) is 0.300. The van der Waals surface area contributed by atoms with E-state index in [2.05, 4.69) is 0 Å². The molecule has 2 rings (SSSR count). The van der Waals surface area contributed by atoms with Gasteiger partial charge < -0.3 is 15.4 Å². The molecule has 0 spiro atoms. The highest BCUT2D eigenvalue weighted by Crippen LogP contribution is 2.17. The summed E-state index contributed by atoms with van der Waals surface area (Å²) in [5.41, 5.74) is 8.79. The lowest BCUT2D eigenvalue weighted by molar-refractivity contribution is -0.145. The minimum atomic E-state index is -0.219. The lowest BCUT2D eigenvalue weighted by Gasteiger charge is -2.13. The number of nitrogens with two attached hydrogens (primary N) is 1. The van der Waals surface area contributed by atoms with E-state index in [0.717, 1.165) is 11.1 Å². The van der Waals surface area contributed by atoms with Gasteiger partial charge in [0.25, 0.3) is 5.91 Å². The summed E-state index contributed by atoms with van der Waals surface area (Å²) in [6, 6.07) is 15.0. The van der Waals surface area contributed by atoms with Crippen LogP contribution >= 0.6 is 0 Å². The Bertz CT molecular complexity index is 727.